The predicted molar refractivity (Wildman–Crippen MR) is 70.5 cm³/mol. The van der Waals surface area contributed by atoms with Crippen LogP contribution in [0.3, 0.4) is 0 Å². The van der Waals surface area contributed by atoms with Gasteiger partial charge in [0.25, 0.3) is 0 Å². The Morgan fingerprint density at radius 1 is 1.37 bits per heavy atom. The summed E-state index contributed by atoms with van der Waals surface area (Å²) in [6.45, 7) is 5.50. The number of benzene rings is 1. The lowest BCUT2D eigenvalue weighted by atomic mass is 10.1. The van der Waals surface area contributed by atoms with E-state index in [4.69, 9.17) is 0 Å². The van der Waals surface area contributed by atoms with Crippen molar-refractivity contribution in [2.75, 3.05) is 20.1 Å². The molecule has 106 valence electrons. The Kier molecular flexibility index (Phi) is 5.89. The average molecular weight is 270 g/mol. The largest absolute Gasteiger partial charge is 0.341 e. The molecule has 1 aromatic carbocycles. The summed E-state index contributed by atoms with van der Waals surface area (Å²) in [6, 6.07) is 3.68. The lowest BCUT2D eigenvalue weighted by molar-refractivity contribution is -0.134. The molecule has 3 nitrogen and oxygen atoms in total. The maximum Gasteiger partial charge on any atom is 0.226 e. The Balaban J connectivity index is 2.60. The third kappa shape index (κ3) is 4.59. The number of halogens is 2. The maximum atomic E-state index is 13.1. The summed E-state index contributed by atoms with van der Waals surface area (Å²) in [7, 11) is 1.66. The third-order valence-corrected chi connectivity index (χ3v) is 2.90. The molecule has 0 heterocycles. The van der Waals surface area contributed by atoms with Crippen molar-refractivity contribution in [1.29, 1.82) is 0 Å². The van der Waals surface area contributed by atoms with Gasteiger partial charge in [-0.3, -0.25) is 4.79 Å². The fourth-order valence-electron chi connectivity index (χ4n) is 1.81. The Hall–Kier alpha value is -1.49. The summed E-state index contributed by atoms with van der Waals surface area (Å²) in [5.74, 6) is -1.93. The molecule has 0 fully saturated rings. The molecule has 1 unspecified atom stereocenters. The van der Waals surface area contributed by atoms with Gasteiger partial charge in [0.2, 0.25) is 5.91 Å². The second kappa shape index (κ2) is 7.19. The Bertz CT molecular complexity index is 437. The van der Waals surface area contributed by atoms with Gasteiger partial charge < -0.3 is 10.2 Å². The van der Waals surface area contributed by atoms with E-state index in [-0.39, 0.29) is 18.4 Å². The van der Waals surface area contributed by atoms with Crippen LogP contribution in [-0.4, -0.2) is 30.9 Å². The first-order valence-corrected chi connectivity index (χ1v) is 6.35. The van der Waals surface area contributed by atoms with Gasteiger partial charge in [-0.1, -0.05) is 19.9 Å². The van der Waals surface area contributed by atoms with Gasteiger partial charge >= 0.3 is 0 Å². The van der Waals surface area contributed by atoms with Crippen LogP contribution in [-0.2, 0) is 11.3 Å². The van der Waals surface area contributed by atoms with Crippen molar-refractivity contribution >= 4 is 5.91 Å². The number of nitrogens with zero attached hydrogens (tertiary/aromatic N) is 1. The summed E-state index contributed by atoms with van der Waals surface area (Å²) in [6.07, 6.45) is 0. The van der Waals surface area contributed by atoms with Gasteiger partial charge in [-0.15, -0.1) is 0 Å². The van der Waals surface area contributed by atoms with Crippen LogP contribution in [0.2, 0.25) is 0 Å². The van der Waals surface area contributed by atoms with Crippen molar-refractivity contribution in [3.63, 3.8) is 0 Å². The zero-order valence-electron chi connectivity index (χ0n) is 11.5. The van der Waals surface area contributed by atoms with Crippen LogP contribution < -0.4 is 5.32 Å². The second-order valence-electron chi connectivity index (χ2n) is 4.65. The highest BCUT2D eigenvalue weighted by molar-refractivity contribution is 5.78. The first-order valence-electron chi connectivity index (χ1n) is 6.35. The first kappa shape index (κ1) is 15.6. The Morgan fingerprint density at radius 2 is 2.05 bits per heavy atom. The molecular weight excluding hydrogens is 250 g/mol. The van der Waals surface area contributed by atoms with Gasteiger partial charge in [0, 0.05) is 26.1 Å². The molecule has 0 aliphatic heterocycles. The number of hydrogen-bond acceptors (Lipinski definition) is 2. The highest BCUT2D eigenvalue weighted by Crippen LogP contribution is 2.11. The van der Waals surface area contributed by atoms with E-state index < -0.39 is 11.6 Å². The zero-order chi connectivity index (χ0) is 14.4. The summed E-state index contributed by atoms with van der Waals surface area (Å²) < 4.78 is 25.9. The standard InChI is InChI=1S/C14H20F2N2O/c1-4-17-8-10(2)14(19)18(3)9-11-5-6-12(15)13(16)7-11/h5-7,10,17H,4,8-9H2,1-3H3. The molecule has 1 amide bonds. The third-order valence-electron chi connectivity index (χ3n) is 2.90. The van der Waals surface area contributed by atoms with Crippen LogP contribution in [0.15, 0.2) is 18.2 Å². The van der Waals surface area contributed by atoms with Crippen molar-refractivity contribution in [2.45, 2.75) is 20.4 Å². The maximum absolute atomic E-state index is 13.1. The van der Waals surface area contributed by atoms with Crippen LogP contribution in [0.25, 0.3) is 0 Å². The van der Waals surface area contributed by atoms with E-state index in [2.05, 4.69) is 5.32 Å². The minimum absolute atomic E-state index is 0.0225. The molecule has 0 radical (unpaired) electrons. The minimum Gasteiger partial charge on any atom is -0.341 e. The van der Waals surface area contributed by atoms with Gasteiger partial charge in [-0.2, -0.15) is 0 Å². The lowest BCUT2D eigenvalue weighted by Gasteiger charge is -2.21. The van der Waals surface area contributed by atoms with Gasteiger partial charge in [-0.25, -0.2) is 8.78 Å². The summed E-state index contributed by atoms with van der Waals surface area (Å²) >= 11 is 0. The SMILES string of the molecule is CCNCC(C)C(=O)N(C)Cc1ccc(F)c(F)c1. The molecule has 0 aromatic heterocycles. The smallest absolute Gasteiger partial charge is 0.226 e. The summed E-state index contributed by atoms with van der Waals surface area (Å²) in [4.78, 5) is 13.5. The molecule has 0 saturated heterocycles. The van der Waals surface area contributed by atoms with Crippen LogP contribution in [0.4, 0.5) is 8.78 Å². The minimum atomic E-state index is -0.890. The normalized spacial score (nSPS) is 12.3. The molecule has 5 heteroatoms. The Morgan fingerprint density at radius 3 is 2.63 bits per heavy atom. The lowest BCUT2D eigenvalue weighted by Crippen LogP contribution is -2.36. The fourth-order valence-corrected chi connectivity index (χ4v) is 1.81. The number of hydrogen-bond donors (Lipinski definition) is 1. The van der Waals surface area contributed by atoms with Crippen LogP contribution in [0, 0.1) is 17.6 Å². The number of carbonyl (C=O) groups excluding carboxylic acids is 1. The van der Waals surface area contributed by atoms with E-state index in [0.717, 1.165) is 18.7 Å². The number of rotatable bonds is 6. The monoisotopic (exact) mass is 270 g/mol. The molecule has 1 rings (SSSR count). The van der Waals surface area contributed by atoms with Crippen molar-refractivity contribution < 1.29 is 13.6 Å². The first-order chi connectivity index (χ1) is 8.95. The molecule has 1 aromatic rings. The molecule has 0 spiro atoms. The molecule has 19 heavy (non-hydrogen) atoms. The van der Waals surface area contributed by atoms with Gasteiger partial charge in [0.15, 0.2) is 11.6 Å². The van der Waals surface area contributed by atoms with Gasteiger partial charge in [0.1, 0.15) is 0 Å². The van der Waals surface area contributed by atoms with Gasteiger partial charge in [-0.05, 0) is 24.2 Å². The van der Waals surface area contributed by atoms with E-state index in [0.29, 0.717) is 12.1 Å². The van der Waals surface area contributed by atoms with E-state index in [1.54, 1.807) is 7.05 Å². The molecule has 0 saturated carbocycles. The highest BCUT2D eigenvalue weighted by Gasteiger charge is 2.17. The van der Waals surface area contributed by atoms with E-state index in [9.17, 15) is 13.6 Å². The molecule has 1 atom stereocenters. The van der Waals surface area contributed by atoms with Crippen molar-refractivity contribution in [2.24, 2.45) is 5.92 Å². The number of carbonyl (C=O) groups is 1. The molecule has 1 N–H and O–H groups in total. The van der Waals surface area contributed by atoms with Crippen LogP contribution in [0.1, 0.15) is 19.4 Å². The van der Waals surface area contributed by atoms with E-state index in [1.807, 2.05) is 13.8 Å². The van der Waals surface area contributed by atoms with Crippen molar-refractivity contribution in [1.82, 2.24) is 10.2 Å². The molecule has 0 aliphatic carbocycles. The predicted octanol–water partition coefficient (Wildman–Crippen LogP) is 2.17. The molecule has 0 bridgehead atoms. The van der Waals surface area contributed by atoms with Crippen molar-refractivity contribution in [3.8, 4) is 0 Å². The van der Waals surface area contributed by atoms with Crippen molar-refractivity contribution in [3.05, 3.63) is 35.4 Å². The van der Waals surface area contributed by atoms with E-state index >= 15 is 0 Å². The van der Waals surface area contributed by atoms with Crippen LogP contribution in [0.5, 0.6) is 0 Å². The fraction of sp³-hybridized carbons (Fsp3) is 0.500. The van der Waals surface area contributed by atoms with E-state index in [1.165, 1.54) is 11.0 Å². The topological polar surface area (TPSA) is 32.3 Å². The van der Waals surface area contributed by atoms with Crippen LogP contribution >= 0.6 is 0 Å². The molecule has 0 aliphatic rings. The second-order valence-corrected chi connectivity index (χ2v) is 4.65. The molecular formula is C14H20F2N2O. The number of amides is 1. The number of nitrogens with one attached hydrogen (secondary N) is 1. The quantitative estimate of drug-likeness (QED) is 0.859. The highest BCUT2D eigenvalue weighted by atomic mass is 19.2. The van der Waals surface area contributed by atoms with Gasteiger partial charge in [0.05, 0.1) is 0 Å². The Labute approximate surface area is 112 Å². The summed E-state index contributed by atoms with van der Waals surface area (Å²) in [5, 5.41) is 3.11. The average Bonchev–Trinajstić information content (AvgIpc) is 2.39. The summed E-state index contributed by atoms with van der Waals surface area (Å²) in [5.41, 5.74) is 0.574. The zero-order valence-corrected chi connectivity index (χ0v) is 11.5.